The largest absolute Gasteiger partial charge is 0.433 e. The van der Waals surface area contributed by atoms with Crippen LogP contribution < -0.4 is 15.4 Å². The van der Waals surface area contributed by atoms with Crippen molar-refractivity contribution in [3.8, 4) is 0 Å². The third kappa shape index (κ3) is 27.9. The maximum atomic E-state index is 12.4. The van der Waals surface area contributed by atoms with Gasteiger partial charge in [0, 0.05) is 26.4 Å². The van der Waals surface area contributed by atoms with E-state index in [0.29, 0.717) is 17.4 Å². The molecule has 0 aromatic carbocycles. The van der Waals surface area contributed by atoms with Crippen LogP contribution in [0.3, 0.4) is 0 Å². The van der Waals surface area contributed by atoms with Crippen LogP contribution >= 0.6 is 22.6 Å². The molecule has 9 nitrogen and oxygen atoms in total. The number of halogens is 1. The zero-order valence-electron chi connectivity index (χ0n) is 26.8. The van der Waals surface area contributed by atoms with E-state index in [9.17, 15) is 18.0 Å². The number of alkyl carbamates (subject to hydrolysis) is 1. The van der Waals surface area contributed by atoms with E-state index in [1.807, 2.05) is 43.7 Å². The maximum absolute atomic E-state index is 12.4. The predicted molar refractivity (Wildman–Crippen MR) is 179 cm³/mol. The molecule has 244 valence electrons. The topological polar surface area (TPSA) is 114 Å². The van der Waals surface area contributed by atoms with Crippen molar-refractivity contribution in [1.82, 2.24) is 15.4 Å². The first kappa shape index (κ1) is 40.3. The smallest absolute Gasteiger partial charge is 0.408 e. The van der Waals surface area contributed by atoms with Crippen LogP contribution in [0.25, 0.3) is 0 Å². The van der Waals surface area contributed by atoms with E-state index in [1.165, 1.54) is 96.8 Å². The van der Waals surface area contributed by atoms with Gasteiger partial charge in [0.25, 0.3) is 0 Å². The molecule has 0 heterocycles. The van der Waals surface area contributed by atoms with Crippen LogP contribution in [0.15, 0.2) is 0 Å². The first-order chi connectivity index (χ1) is 19.4. The number of sulfonamides is 1. The Morgan fingerprint density at radius 3 is 1.68 bits per heavy atom. The molecule has 2 amide bonds. The van der Waals surface area contributed by atoms with Gasteiger partial charge < -0.3 is 19.9 Å². The van der Waals surface area contributed by atoms with Crippen LogP contribution in [-0.4, -0.2) is 81.6 Å². The van der Waals surface area contributed by atoms with Gasteiger partial charge >= 0.3 is 6.09 Å². The van der Waals surface area contributed by atoms with E-state index in [4.69, 9.17) is 4.74 Å². The van der Waals surface area contributed by atoms with Gasteiger partial charge in [0.05, 0.1) is 39.5 Å². The minimum absolute atomic E-state index is 0.00186. The van der Waals surface area contributed by atoms with Crippen LogP contribution in [0.2, 0.25) is 0 Å². The lowest BCUT2D eigenvalue weighted by atomic mass is 10.0. The van der Waals surface area contributed by atoms with Crippen LogP contribution in [-0.2, 0) is 19.6 Å². The molecule has 0 aliphatic heterocycles. The Hall–Kier alpha value is -0.660. The van der Waals surface area contributed by atoms with E-state index in [-0.39, 0.29) is 18.2 Å². The third-order valence-electron chi connectivity index (χ3n) is 6.99. The van der Waals surface area contributed by atoms with Crippen molar-refractivity contribution >= 4 is 44.6 Å². The second-order valence-corrected chi connectivity index (χ2v) is 15.5. The van der Waals surface area contributed by atoms with E-state index in [2.05, 4.69) is 22.3 Å². The Labute approximate surface area is 265 Å². The lowest BCUT2D eigenvalue weighted by Gasteiger charge is -2.25. The molecule has 0 saturated carbocycles. The van der Waals surface area contributed by atoms with Crippen molar-refractivity contribution in [1.29, 1.82) is 0 Å². The fraction of sp³-hybridized carbons (Fsp3) is 0.933. The molecule has 0 saturated heterocycles. The lowest BCUT2D eigenvalue weighted by Crippen LogP contribution is -2.50. The van der Waals surface area contributed by atoms with Gasteiger partial charge in [-0.1, -0.05) is 103 Å². The Morgan fingerprint density at radius 1 is 0.780 bits per heavy atom. The van der Waals surface area contributed by atoms with E-state index >= 15 is 0 Å². The van der Waals surface area contributed by atoms with Crippen molar-refractivity contribution in [3.63, 3.8) is 0 Å². The molecule has 0 fully saturated rings. The summed E-state index contributed by atoms with van der Waals surface area (Å²) in [6, 6.07) is -0.678. The fourth-order valence-electron chi connectivity index (χ4n) is 4.58. The van der Waals surface area contributed by atoms with E-state index < -0.39 is 26.3 Å². The van der Waals surface area contributed by atoms with Gasteiger partial charge in [-0.3, -0.25) is 4.79 Å². The number of alkyl halides is 1. The van der Waals surface area contributed by atoms with Crippen LogP contribution in [0, 0.1) is 0 Å². The summed E-state index contributed by atoms with van der Waals surface area (Å²) in [6.07, 6.45) is 20.7. The minimum atomic E-state index is -3.51. The highest BCUT2D eigenvalue weighted by Crippen LogP contribution is 2.14. The molecule has 0 aromatic rings. The number of amides is 2. The van der Waals surface area contributed by atoms with Crippen molar-refractivity contribution in [2.45, 2.75) is 133 Å². The lowest BCUT2D eigenvalue weighted by molar-refractivity contribution is -0.870. The number of quaternary nitrogens is 1. The summed E-state index contributed by atoms with van der Waals surface area (Å²) in [5, 5.41) is 5.45. The predicted octanol–water partition coefficient (Wildman–Crippen LogP) is 6.26. The number of carbonyl (C=O) groups excluding carboxylic acids is 2. The summed E-state index contributed by atoms with van der Waals surface area (Å²) >= 11 is 1.91. The highest BCUT2D eigenvalue weighted by molar-refractivity contribution is 14.1. The molecule has 2 unspecified atom stereocenters. The van der Waals surface area contributed by atoms with Crippen molar-refractivity contribution in [2.24, 2.45) is 0 Å². The molecule has 0 aromatic heterocycles. The second-order valence-electron chi connectivity index (χ2n) is 12.3. The van der Waals surface area contributed by atoms with Crippen LogP contribution in [0.1, 0.15) is 123 Å². The van der Waals surface area contributed by atoms with Gasteiger partial charge in [0.2, 0.25) is 15.9 Å². The molecule has 41 heavy (non-hydrogen) atoms. The summed E-state index contributed by atoms with van der Waals surface area (Å²) in [4.78, 5) is 23.9. The van der Waals surface area contributed by atoms with Gasteiger partial charge in [-0.2, -0.15) is 0 Å². The Kier molecular flexibility index (Phi) is 24.3. The standard InChI is InChI=1S/C30H61IN4O5S/c1-6-7-8-9-10-11-12-13-14-15-16-17-18-19-20-21-23-32-30(37)40-29(31)28(34-27(2)36)26-33-41(38,39)25-22-24-35(3,4)5/h28-29,33H,6-26H2,1-5H3,(H-,32,34,36,37)/p+1. The fourth-order valence-corrected chi connectivity index (χ4v) is 6.33. The number of rotatable bonds is 27. The number of nitrogens with one attached hydrogen (secondary N) is 3. The average Bonchev–Trinajstić information content (AvgIpc) is 2.87. The molecule has 0 spiro atoms. The quantitative estimate of drug-likeness (QED) is 0.0402. The molecule has 0 aliphatic carbocycles. The molecule has 2 atom stereocenters. The van der Waals surface area contributed by atoms with Crippen molar-refractivity contribution in [2.75, 3.05) is 46.5 Å². The molecular weight excluding hydrogens is 655 g/mol. The number of carbonyl (C=O) groups is 2. The molecule has 11 heteroatoms. The zero-order chi connectivity index (χ0) is 31.0. The second kappa shape index (κ2) is 24.7. The Balaban J connectivity index is 3.96. The van der Waals surface area contributed by atoms with E-state index in [1.54, 1.807) is 0 Å². The first-order valence-corrected chi connectivity index (χ1v) is 18.9. The highest BCUT2D eigenvalue weighted by atomic mass is 127. The molecule has 0 bridgehead atoms. The normalized spacial score (nSPS) is 13.5. The molecular formula is C30H62IN4O5S+. The first-order valence-electron chi connectivity index (χ1n) is 16.0. The summed E-state index contributed by atoms with van der Waals surface area (Å²) in [6.45, 7) is 4.83. The van der Waals surface area contributed by atoms with Crippen LogP contribution in [0.4, 0.5) is 4.79 Å². The summed E-state index contributed by atoms with van der Waals surface area (Å²) < 4.78 is 32.7. The number of ether oxygens (including phenoxy) is 1. The molecule has 0 radical (unpaired) electrons. The molecule has 0 rings (SSSR count). The van der Waals surface area contributed by atoms with Gasteiger partial charge in [-0.05, 0) is 29.0 Å². The third-order valence-corrected chi connectivity index (χ3v) is 9.54. The summed E-state index contributed by atoms with van der Waals surface area (Å²) in [7, 11) is 2.52. The van der Waals surface area contributed by atoms with Crippen molar-refractivity contribution in [3.05, 3.63) is 0 Å². The molecule has 3 N–H and O–H groups in total. The van der Waals surface area contributed by atoms with Gasteiger partial charge in [0.15, 0.2) is 4.11 Å². The van der Waals surface area contributed by atoms with Gasteiger partial charge in [-0.25, -0.2) is 17.9 Å². The number of nitrogens with zero attached hydrogens (tertiary/aromatic N) is 1. The number of hydrogen-bond acceptors (Lipinski definition) is 5. The van der Waals surface area contributed by atoms with Crippen molar-refractivity contribution < 1.29 is 27.2 Å². The highest BCUT2D eigenvalue weighted by Gasteiger charge is 2.25. The Morgan fingerprint density at radius 2 is 1.24 bits per heavy atom. The SMILES string of the molecule is CCCCCCCCCCCCCCCCCCNC(=O)OC(I)C(CNS(=O)(=O)CCC[N+](C)(C)C)NC(C)=O. The monoisotopic (exact) mass is 717 g/mol. The van der Waals surface area contributed by atoms with E-state index in [0.717, 1.165) is 19.4 Å². The maximum Gasteiger partial charge on any atom is 0.408 e. The zero-order valence-corrected chi connectivity index (χ0v) is 29.8. The van der Waals surface area contributed by atoms with Crippen LogP contribution in [0.5, 0.6) is 0 Å². The molecule has 0 aliphatic rings. The number of unbranched alkanes of at least 4 members (excludes halogenated alkanes) is 15. The van der Waals surface area contributed by atoms with Gasteiger partial charge in [0.1, 0.15) is 0 Å². The summed E-state index contributed by atoms with van der Waals surface area (Å²) in [5.74, 6) is -0.319. The Bertz CT molecular complexity index is 777. The minimum Gasteiger partial charge on any atom is -0.433 e. The summed E-state index contributed by atoms with van der Waals surface area (Å²) in [5.41, 5.74) is 0. The average molecular weight is 718 g/mol. The van der Waals surface area contributed by atoms with Gasteiger partial charge in [-0.15, -0.1) is 0 Å². The number of hydrogen-bond donors (Lipinski definition) is 3.